The highest BCUT2D eigenvalue weighted by Crippen LogP contribution is 2.27. The van der Waals surface area contributed by atoms with E-state index in [2.05, 4.69) is 27.2 Å². The molecule has 1 aliphatic rings. The Balaban J connectivity index is 1.92. The van der Waals surface area contributed by atoms with Gasteiger partial charge in [-0.3, -0.25) is 0 Å². The van der Waals surface area contributed by atoms with Gasteiger partial charge in [0.15, 0.2) is 0 Å². The van der Waals surface area contributed by atoms with Crippen LogP contribution in [0.15, 0.2) is 12.5 Å². The maximum atomic E-state index is 4.44. The molecule has 3 rings (SSSR count). The van der Waals surface area contributed by atoms with Crippen molar-refractivity contribution in [2.75, 3.05) is 5.32 Å². The number of rotatable bonds is 3. The Morgan fingerprint density at radius 1 is 1.28 bits per heavy atom. The molecule has 0 unspecified atom stereocenters. The molecule has 2 aromatic heterocycles. The summed E-state index contributed by atoms with van der Waals surface area (Å²) in [6, 6.07) is 0.580. The van der Waals surface area contributed by atoms with Crippen molar-refractivity contribution in [3.63, 3.8) is 0 Å². The van der Waals surface area contributed by atoms with Gasteiger partial charge in [0.25, 0.3) is 0 Å². The van der Waals surface area contributed by atoms with Crippen LogP contribution in [0.1, 0.15) is 44.6 Å². The molecule has 96 valence electrons. The maximum absolute atomic E-state index is 4.44. The van der Waals surface area contributed by atoms with Gasteiger partial charge in [-0.15, -0.1) is 0 Å². The molecule has 0 bridgehead atoms. The average molecular weight is 244 g/mol. The lowest BCUT2D eigenvalue weighted by Gasteiger charge is -2.23. The summed E-state index contributed by atoms with van der Waals surface area (Å²) in [5.41, 5.74) is 2.24. The molecule has 2 N–H and O–H groups in total. The van der Waals surface area contributed by atoms with Gasteiger partial charge < -0.3 is 10.3 Å². The Bertz CT molecular complexity index is 526. The average Bonchev–Trinajstić information content (AvgIpc) is 2.84. The number of nitrogens with one attached hydrogen (secondary N) is 2. The molecule has 0 aliphatic heterocycles. The van der Waals surface area contributed by atoms with Gasteiger partial charge in [0.1, 0.15) is 17.8 Å². The van der Waals surface area contributed by atoms with Crippen molar-refractivity contribution >= 4 is 16.9 Å². The standard InChI is InChI=1S/C14H20N4/c1-2-10-8-15-13-12(10)14(17-9-16-13)18-11-6-4-3-5-7-11/h8-9,11H,2-7H2,1H3,(H2,15,16,17,18). The Kier molecular flexibility index (Phi) is 3.17. The minimum Gasteiger partial charge on any atom is -0.367 e. The number of anilines is 1. The van der Waals surface area contributed by atoms with Crippen molar-refractivity contribution in [1.82, 2.24) is 15.0 Å². The number of nitrogens with zero attached hydrogens (tertiary/aromatic N) is 2. The third kappa shape index (κ3) is 2.07. The van der Waals surface area contributed by atoms with Crippen molar-refractivity contribution in [2.24, 2.45) is 0 Å². The van der Waals surface area contributed by atoms with E-state index in [-0.39, 0.29) is 0 Å². The summed E-state index contributed by atoms with van der Waals surface area (Å²) in [6.45, 7) is 2.17. The zero-order valence-electron chi connectivity index (χ0n) is 10.9. The molecule has 0 radical (unpaired) electrons. The van der Waals surface area contributed by atoms with Crippen molar-refractivity contribution in [2.45, 2.75) is 51.5 Å². The minimum absolute atomic E-state index is 0.580. The topological polar surface area (TPSA) is 53.6 Å². The number of hydrogen-bond donors (Lipinski definition) is 2. The molecule has 4 nitrogen and oxygen atoms in total. The number of aromatic nitrogens is 3. The second kappa shape index (κ2) is 4.96. The summed E-state index contributed by atoms with van der Waals surface area (Å²) in [7, 11) is 0. The Hall–Kier alpha value is -1.58. The van der Waals surface area contributed by atoms with E-state index in [0.29, 0.717) is 6.04 Å². The lowest BCUT2D eigenvalue weighted by molar-refractivity contribution is 0.462. The summed E-state index contributed by atoms with van der Waals surface area (Å²) in [5, 5.41) is 4.79. The molecule has 4 heteroatoms. The van der Waals surface area contributed by atoms with Gasteiger partial charge in [0, 0.05) is 12.2 Å². The van der Waals surface area contributed by atoms with Gasteiger partial charge in [0.2, 0.25) is 0 Å². The van der Waals surface area contributed by atoms with Crippen molar-refractivity contribution in [3.8, 4) is 0 Å². The first-order valence-corrected chi connectivity index (χ1v) is 6.96. The first-order chi connectivity index (χ1) is 8.88. The zero-order chi connectivity index (χ0) is 12.4. The Morgan fingerprint density at radius 3 is 2.89 bits per heavy atom. The molecule has 1 fully saturated rings. The van der Waals surface area contributed by atoms with E-state index < -0.39 is 0 Å². The monoisotopic (exact) mass is 244 g/mol. The van der Waals surface area contributed by atoms with Crippen molar-refractivity contribution in [1.29, 1.82) is 0 Å². The fourth-order valence-electron chi connectivity index (χ4n) is 2.86. The lowest BCUT2D eigenvalue weighted by Crippen LogP contribution is -2.23. The zero-order valence-corrected chi connectivity index (χ0v) is 10.9. The lowest BCUT2D eigenvalue weighted by atomic mass is 9.95. The molecule has 0 atom stereocenters. The van der Waals surface area contributed by atoms with Crippen LogP contribution in [0.4, 0.5) is 5.82 Å². The maximum Gasteiger partial charge on any atom is 0.143 e. The predicted molar refractivity (Wildman–Crippen MR) is 73.8 cm³/mol. The fraction of sp³-hybridized carbons (Fsp3) is 0.571. The largest absolute Gasteiger partial charge is 0.367 e. The first-order valence-electron chi connectivity index (χ1n) is 6.96. The molecule has 0 spiro atoms. The normalized spacial score (nSPS) is 17.2. The fourth-order valence-corrected chi connectivity index (χ4v) is 2.86. The SMILES string of the molecule is CCc1c[nH]c2ncnc(NC3CCCCC3)c12. The van der Waals surface area contributed by atoms with Gasteiger partial charge in [-0.25, -0.2) is 9.97 Å². The highest BCUT2D eigenvalue weighted by molar-refractivity contribution is 5.90. The minimum atomic E-state index is 0.580. The van der Waals surface area contributed by atoms with Crippen LogP contribution in [0.2, 0.25) is 0 Å². The Labute approximate surface area is 107 Å². The van der Waals surface area contributed by atoms with Crippen molar-refractivity contribution in [3.05, 3.63) is 18.1 Å². The van der Waals surface area contributed by atoms with Crippen LogP contribution in [0, 0.1) is 0 Å². The van der Waals surface area contributed by atoms with Gasteiger partial charge in [-0.2, -0.15) is 0 Å². The predicted octanol–water partition coefficient (Wildman–Crippen LogP) is 3.26. The molecular formula is C14H20N4. The molecule has 1 aliphatic carbocycles. The van der Waals surface area contributed by atoms with E-state index in [1.165, 1.54) is 43.1 Å². The van der Waals surface area contributed by atoms with Crippen LogP contribution in [0.3, 0.4) is 0 Å². The highest BCUT2D eigenvalue weighted by Gasteiger charge is 2.16. The van der Waals surface area contributed by atoms with E-state index in [4.69, 9.17) is 0 Å². The third-order valence-electron chi connectivity index (χ3n) is 3.88. The quantitative estimate of drug-likeness (QED) is 0.871. The first kappa shape index (κ1) is 11.5. The third-order valence-corrected chi connectivity index (χ3v) is 3.88. The van der Waals surface area contributed by atoms with Gasteiger partial charge in [-0.1, -0.05) is 26.2 Å². The number of H-pyrrole nitrogens is 1. The molecule has 0 aromatic carbocycles. The molecule has 18 heavy (non-hydrogen) atoms. The summed E-state index contributed by atoms with van der Waals surface area (Å²) in [4.78, 5) is 12.0. The van der Waals surface area contributed by atoms with E-state index in [1.807, 2.05) is 6.20 Å². The number of aryl methyl sites for hydroxylation is 1. The molecule has 2 heterocycles. The van der Waals surface area contributed by atoms with Gasteiger partial charge in [0.05, 0.1) is 5.39 Å². The van der Waals surface area contributed by atoms with E-state index in [1.54, 1.807) is 6.33 Å². The van der Waals surface area contributed by atoms with Crippen LogP contribution in [-0.2, 0) is 6.42 Å². The number of aromatic amines is 1. The highest BCUT2D eigenvalue weighted by atomic mass is 15.1. The molecule has 1 saturated carbocycles. The molecule has 2 aromatic rings. The Morgan fingerprint density at radius 2 is 2.11 bits per heavy atom. The second-order valence-corrected chi connectivity index (χ2v) is 5.09. The summed E-state index contributed by atoms with van der Waals surface area (Å²) < 4.78 is 0. The number of hydrogen-bond acceptors (Lipinski definition) is 3. The smallest absolute Gasteiger partial charge is 0.143 e. The molecule has 0 amide bonds. The van der Waals surface area contributed by atoms with Crippen LogP contribution in [0.25, 0.3) is 11.0 Å². The van der Waals surface area contributed by atoms with Crippen LogP contribution in [-0.4, -0.2) is 21.0 Å². The van der Waals surface area contributed by atoms with Crippen LogP contribution < -0.4 is 5.32 Å². The summed E-state index contributed by atoms with van der Waals surface area (Å²) in [5.74, 6) is 1.00. The van der Waals surface area contributed by atoms with E-state index >= 15 is 0 Å². The molecule has 0 saturated heterocycles. The van der Waals surface area contributed by atoms with Crippen LogP contribution in [0.5, 0.6) is 0 Å². The molecular weight excluding hydrogens is 224 g/mol. The van der Waals surface area contributed by atoms with Crippen molar-refractivity contribution < 1.29 is 0 Å². The van der Waals surface area contributed by atoms with E-state index in [9.17, 15) is 0 Å². The van der Waals surface area contributed by atoms with Gasteiger partial charge >= 0.3 is 0 Å². The van der Waals surface area contributed by atoms with E-state index in [0.717, 1.165) is 17.9 Å². The summed E-state index contributed by atoms with van der Waals surface area (Å²) in [6.07, 6.45) is 11.3. The number of fused-ring (bicyclic) bond motifs is 1. The van der Waals surface area contributed by atoms with Crippen LogP contribution >= 0.6 is 0 Å². The van der Waals surface area contributed by atoms with Gasteiger partial charge in [-0.05, 0) is 24.8 Å². The second-order valence-electron chi connectivity index (χ2n) is 5.09. The summed E-state index contributed by atoms with van der Waals surface area (Å²) >= 11 is 0.